The van der Waals surface area contributed by atoms with E-state index >= 15 is 0 Å². The monoisotopic (exact) mass is 392 g/mol. The van der Waals surface area contributed by atoms with Crippen LogP contribution in [-0.2, 0) is 4.74 Å². The van der Waals surface area contributed by atoms with Gasteiger partial charge in [0.15, 0.2) is 0 Å². The molecule has 0 aromatic heterocycles. The predicted molar refractivity (Wildman–Crippen MR) is 77.9 cm³/mol. The normalized spacial score (nSPS) is 22.5. The summed E-state index contributed by atoms with van der Waals surface area (Å²) < 4.78 is 12.6. The van der Waals surface area contributed by atoms with Crippen LogP contribution in [0.5, 0.6) is 5.75 Å². The lowest BCUT2D eigenvalue weighted by Gasteiger charge is -2.15. The van der Waals surface area contributed by atoms with Crippen LogP contribution in [0.25, 0.3) is 0 Å². The highest BCUT2D eigenvalue weighted by Gasteiger charge is 2.23. The van der Waals surface area contributed by atoms with Gasteiger partial charge in [-0.3, -0.25) is 0 Å². The van der Waals surface area contributed by atoms with Crippen molar-refractivity contribution in [1.29, 1.82) is 0 Å². The zero-order chi connectivity index (χ0) is 14.0. The van der Waals surface area contributed by atoms with Crippen molar-refractivity contribution in [3.05, 3.63) is 26.6 Å². The zero-order valence-corrected chi connectivity index (χ0v) is 13.5. The minimum absolute atomic E-state index is 0.105. The molecule has 2 rings (SSSR count). The highest BCUT2D eigenvalue weighted by molar-refractivity contribution is 9.11. The van der Waals surface area contributed by atoms with Crippen molar-refractivity contribution in [3.63, 3.8) is 0 Å². The molecule has 0 bridgehead atoms. The van der Waals surface area contributed by atoms with Crippen LogP contribution in [-0.4, -0.2) is 29.9 Å². The van der Waals surface area contributed by atoms with E-state index in [1.54, 1.807) is 0 Å². The Kier molecular flexibility index (Phi) is 4.86. The molecule has 0 aliphatic carbocycles. The molecule has 0 radical (unpaired) electrons. The Bertz CT molecular complexity index is 467. The van der Waals surface area contributed by atoms with E-state index in [1.807, 2.05) is 6.92 Å². The fourth-order valence-electron chi connectivity index (χ4n) is 2.01. The van der Waals surface area contributed by atoms with Crippen LogP contribution in [0.3, 0.4) is 0 Å². The van der Waals surface area contributed by atoms with E-state index in [-0.39, 0.29) is 17.8 Å². The van der Waals surface area contributed by atoms with Crippen molar-refractivity contribution in [3.8, 4) is 5.75 Å². The predicted octanol–water partition coefficient (Wildman–Crippen LogP) is 3.86. The van der Waals surface area contributed by atoms with E-state index in [2.05, 4.69) is 31.9 Å². The van der Waals surface area contributed by atoms with Crippen LogP contribution in [0.1, 0.15) is 30.1 Å². The second kappa shape index (κ2) is 6.24. The van der Waals surface area contributed by atoms with Gasteiger partial charge in [0, 0.05) is 0 Å². The maximum absolute atomic E-state index is 10.9. The largest absolute Gasteiger partial charge is 0.489 e. The van der Waals surface area contributed by atoms with Crippen molar-refractivity contribution in [1.82, 2.24) is 0 Å². The molecule has 1 heterocycles. The van der Waals surface area contributed by atoms with Crippen LogP contribution >= 0.6 is 31.9 Å². The number of aromatic carboxylic acids is 1. The Morgan fingerprint density at radius 1 is 1.42 bits per heavy atom. The number of benzene rings is 1. The zero-order valence-electron chi connectivity index (χ0n) is 10.4. The molecule has 1 saturated heterocycles. The number of hydrogen-bond acceptors (Lipinski definition) is 3. The first-order valence-electron chi connectivity index (χ1n) is 5.98. The minimum atomic E-state index is -0.971. The summed E-state index contributed by atoms with van der Waals surface area (Å²) in [5.41, 5.74) is 0.205. The summed E-state index contributed by atoms with van der Waals surface area (Å²) in [6.07, 6.45) is 2.43. The van der Waals surface area contributed by atoms with Gasteiger partial charge in [0.1, 0.15) is 12.4 Å². The van der Waals surface area contributed by atoms with E-state index in [0.29, 0.717) is 21.3 Å². The molecule has 1 aromatic carbocycles. The topological polar surface area (TPSA) is 55.8 Å². The molecule has 2 atom stereocenters. The second-order valence-corrected chi connectivity index (χ2v) is 6.24. The van der Waals surface area contributed by atoms with Crippen molar-refractivity contribution < 1.29 is 19.4 Å². The third kappa shape index (κ3) is 3.70. The summed E-state index contributed by atoms with van der Waals surface area (Å²) in [4.78, 5) is 10.9. The van der Waals surface area contributed by atoms with Crippen LogP contribution in [0, 0.1) is 0 Å². The molecule has 1 N–H and O–H groups in total. The van der Waals surface area contributed by atoms with Crippen LogP contribution in [0.15, 0.2) is 21.1 Å². The Labute approximate surface area is 128 Å². The summed E-state index contributed by atoms with van der Waals surface area (Å²) in [5.74, 6) is -0.367. The molecule has 0 spiro atoms. The number of rotatable bonds is 4. The quantitative estimate of drug-likeness (QED) is 0.843. The van der Waals surface area contributed by atoms with E-state index in [4.69, 9.17) is 14.6 Å². The summed E-state index contributed by atoms with van der Waals surface area (Å²) in [6, 6.07) is 3.06. The van der Waals surface area contributed by atoms with Crippen molar-refractivity contribution >= 4 is 37.8 Å². The van der Waals surface area contributed by atoms with Gasteiger partial charge in [-0.25, -0.2) is 4.79 Å². The molecule has 4 nitrogen and oxygen atoms in total. The maximum atomic E-state index is 10.9. The van der Waals surface area contributed by atoms with Gasteiger partial charge >= 0.3 is 5.97 Å². The first-order valence-corrected chi connectivity index (χ1v) is 7.56. The van der Waals surface area contributed by atoms with Crippen molar-refractivity contribution in [2.75, 3.05) is 6.61 Å². The third-order valence-corrected chi connectivity index (χ3v) is 4.16. The molecular weight excluding hydrogens is 380 g/mol. The lowest BCUT2D eigenvalue weighted by molar-refractivity contribution is 0.0261. The summed E-state index contributed by atoms with van der Waals surface area (Å²) in [6.45, 7) is 2.52. The Morgan fingerprint density at radius 2 is 2.05 bits per heavy atom. The number of halogens is 2. The van der Waals surface area contributed by atoms with Gasteiger partial charge in [-0.05, 0) is 63.8 Å². The van der Waals surface area contributed by atoms with E-state index < -0.39 is 5.97 Å². The molecule has 104 valence electrons. The summed E-state index contributed by atoms with van der Waals surface area (Å²) in [7, 11) is 0. The molecule has 0 saturated carbocycles. The van der Waals surface area contributed by atoms with Gasteiger partial charge in [0.05, 0.1) is 26.7 Å². The van der Waals surface area contributed by atoms with Gasteiger partial charge in [-0.15, -0.1) is 0 Å². The molecule has 0 amide bonds. The van der Waals surface area contributed by atoms with E-state index in [0.717, 1.165) is 12.8 Å². The number of hydrogen-bond donors (Lipinski definition) is 1. The standard InChI is InChI=1S/C13H14Br2O4/c1-7-2-3-9(19-7)6-18-12-10(14)4-8(13(16)17)5-11(12)15/h4-5,7,9H,2-3,6H2,1H3,(H,16,17). The number of carbonyl (C=O) groups is 1. The smallest absolute Gasteiger partial charge is 0.335 e. The van der Waals surface area contributed by atoms with E-state index in [9.17, 15) is 4.79 Å². The number of carboxylic acid groups (broad SMARTS) is 1. The SMILES string of the molecule is CC1CCC(COc2c(Br)cc(C(=O)O)cc2Br)O1. The lowest BCUT2D eigenvalue weighted by atomic mass is 10.2. The van der Waals surface area contributed by atoms with Crippen LogP contribution in [0.4, 0.5) is 0 Å². The van der Waals surface area contributed by atoms with Crippen LogP contribution < -0.4 is 4.74 Å². The molecule has 19 heavy (non-hydrogen) atoms. The van der Waals surface area contributed by atoms with E-state index in [1.165, 1.54) is 12.1 Å². The number of carboxylic acids is 1. The molecular formula is C13H14Br2O4. The van der Waals surface area contributed by atoms with Crippen LogP contribution in [0.2, 0.25) is 0 Å². The summed E-state index contributed by atoms with van der Waals surface area (Å²) >= 11 is 6.66. The average molecular weight is 394 g/mol. The molecule has 2 unspecified atom stereocenters. The highest BCUT2D eigenvalue weighted by atomic mass is 79.9. The number of ether oxygens (including phenoxy) is 2. The molecule has 1 aliphatic rings. The molecule has 6 heteroatoms. The van der Waals surface area contributed by atoms with Gasteiger partial charge in [-0.2, -0.15) is 0 Å². The minimum Gasteiger partial charge on any atom is -0.489 e. The molecule has 1 aliphatic heterocycles. The van der Waals surface area contributed by atoms with Gasteiger partial charge < -0.3 is 14.6 Å². The Morgan fingerprint density at radius 3 is 2.53 bits per heavy atom. The third-order valence-electron chi connectivity index (χ3n) is 2.98. The van der Waals surface area contributed by atoms with Gasteiger partial charge in [0.2, 0.25) is 0 Å². The molecule has 1 fully saturated rings. The Balaban J connectivity index is 2.06. The molecule has 1 aromatic rings. The highest BCUT2D eigenvalue weighted by Crippen LogP contribution is 2.35. The van der Waals surface area contributed by atoms with Gasteiger partial charge in [-0.1, -0.05) is 0 Å². The van der Waals surface area contributed by atoms with Crippen molar-refractivity contribution in [2.45, 2.75) is 32.0 Å². The fraction of sp³-hybridized carbons (Fsp3) is 0.462. The fourth-order valence-corrected chi connectivity index (χ4v) is 3.42. The lowest BCUT2D eigenvalue weighted by Crippen LogP contribution is -2.18. The average Bonchev–Trinajstić information content (AvgIpc) is 2.73. The Hall–Kier alpha value is -0.590. The second-order valence-electron chi connectivity index (χ2n) is 4.53. The maximum Gasteiger partial charge on any atom is 0.335 e. The first-order chi connectivity index (χ1) is 8.97. The summed E-state index contributed by atoms with van der Waals surface area (Å²) in [5, 5.41) is 8.95. The first kappa shape index (κ1) is 14.8. The van der Waals surface area contributed by atoms with Crippen molar-refractivity contribution in [2.24, 2.45) is 0 Å². The van der Waals surface area contributed by atoms with Gasteiger partial charge in [0.25, 0.3) is 0 Å².